The van der Waals surface area contributed by atoms with Gasteiger partial charge in [-0.05, 0) is 12.1 Å². The minimum Gasteiger partial charge on any atom is -0.504 e. The Morgan fingerprint density at radius 3 is 2.24 bits per heavy atom. The van der Waals surface area contributed by atoms with E-state index in [0.717, 1.165) is 12.1 Å². The number of carboxylic acids is 1. The Balaban J connectivity index is 1.73. The summed E-state index contributed by atoms with van der Waals surface area (Å²) >= 11 is 0. The van der Waals surface area contributed by atoms with E-state index in [0.29, 0.717) is 0 Å². The van der Waals surface area contributed by atoms with Crippen molar-refractivity contribution in [2.24, 2.45) is 0 Å². The number of aliphatic hydroxyl groups excluding tert-OH is 6. The van der Waals surface area contributed by atoms with Crippen LogP contribution < -0.4 is 4.74 Å². The summed E-state index contributed by atoms with van der Waals surface area (Å²) in [5.41, 5.74) is -2.71. The van der Waals surface area contributed by atoms with Gasteiger partial charge < -0.3 is 70.0 Å². The number of rotatable bonds is 8. The molecule has 0 saturated carbocycles. The molecule has 1 aromatic carbocycles. The first-order valence-corrected chi connectivity index (χ1v) is 9.99. The zero-order valence-electron chi connectivity index (χ0n) is 17.4. The number of aromatic carboxylic acids is 1. The van der Waals surface area contributed by atoms with Gasteiger partial charge >= 0.3 is 5.97 Å². The number of phenolic OH excluding ortho intramolecular Hbond substituents is 2. The van der Waals surface area contributed by atoms with E-state index >= 15 is 0 Å². The molecule has 3 rings (SSSR count). The van der Waals surface area contributed by atoms with E-state index in [1.54, 1.807) is 0 Å². The van der Waals surface area contributed by atoms with Crippen LogP contribution in [0.3, 0.4) is 0 Å². The predicted octanol–water partition coefficient (Wildman–Crippen LogP) is -4.20. The van der Waals surface area contributed by atoms with Gasteiger partial charge in [0.1, 0.15) is 42.2 Å². The summed E-state index contributed by atoms with van der Waals surface area (Å²) in [4.78, 5) is 11.2. The fourth-order valence-corrected chi connectivity index (χ4v) is 3.58. The topological polar surface area (TPSA) is 256 Å². The highest BCUT2D eigenvalue weighted by Gasteiger charge is 2.56. The van der Waals surface area contributed by atoms with Gasteiger partial charge in [0.25, 0.3) is 0 Å². The number of hydrogen-bond acceptors (Lipinski definition) is 14. The maximum Gasteiger partial charge on any atom is 0.335 e. The molecule has 2 heterocycles. The van der Waals surface area contributed by atoms with Crippen molar-refractivity contribution in [1.29, 1.82) is 0 Å². The van der Waals surface area contributed by atoms with Crippen molar-refractivity contribution in [3.8, 4) is 17.2 Å². The van der Waals surface area contributed by atoms with Crippen LogP contribution in [0.5, 0.6) is 17.2 Å². The van der Waals surface area contributed by atoms with Crippen molar-refractivity contribution >= 4 is 5.97 Å². The third-order valence-electron chi connectivity index (χ3n) is 5.68. The standard InChI is InChI=1S/C19H26O15/c20-3-10-19(30,5-21)15(27)18(34-10)31-4-9-12(24)13(25)14(26)17(33-9)32-8-2-6(16(28)29)1-7(22)11(8)23/h1-2,9-10,12-15,17-18,20-27,30H,3-5H2,(H,28,29)/t9-,10-,12-,13+,14-,15+,17+,18+,19-/m1/s1. The minimum absolute atomic E-state index is 0.474. The second-order valence-corrected chi connectivity index (χ2v) is 7.88. The molecule has 0 aromatic heterocycles. The molecule has 2 fully saturated rings. The molecule has 0 bridgehead atoms. The lowest BCUT2D eigenvalue weighted by atomic mass is 9.94. The maximum atomic E-state index is 11.2. The Hall–Kier alpha value is -2.31. The molecule has 0 unspecified atom stereocenters. The van der Waals surface area contributed by atoms with Gasteiger partial charge in [0, 0.05) is 0 Å². The van der Waals surface area contributed by atoms with Crippen molar-refractivity contribution < 1.29 is 74.8 Å². The fourth-order valence-electron chi connectivity index (χ4n) is 3.58. The first-order chi connectivity index (χ1) is 15.9. The third-order valence-corrected chi connectivity index (χ3v) is 5.68. The van der Waals surface area contributed by atoms with Crippen molar-refractivity contribution in [2.45, 2.75) is 54.8 Å². The largest absolute Gasteiger partial charge is 0.504 e. The Morgan fingerprint density at radius 1 is 1.00 bits per heavy atom. The highest BCUT2D eigenvalue weighted by atomic mass is 16.7. The molecule has 9 atom stereocenters. The summed E-state index contributed by atoms with van der Waals surface area (Å²) in [6, 6.07) is 1.57. The SMILES string of the molecule is O=C(O)c1cc(O)c(O)c(O[C@H]2O[C@H](CO[C@H]3O[C@H](CO)[C@](O)(CO)[C@H]3O)[C@@H](O)[C@H](O)[C@H]2O)c1. The molecule has 34 heavy (non-hydrogen) atoms. The summed E-state index contributed by atoms with van der Waals surface area (Å²) in [5.74, 6) is -3.80. The van der Waals surface area contributed by atoms with Gasteiger partial charge in [0.05, 0.1) is 25.4 Å². The summed E-state index contributed by atoms with van der Waals surface area (Å²) in [5, 5.41) is 98.4. The average Bonchev–Trinajstić information content (AvgIpc) is 3.05. The number of ether oxygens (including phenoxy) is 4. The van der Waals surface area contributed by atoms with E-state index in [1.165, 1.54) is 0 Å². The Kier molecular flexibility index (Phi) is 7.83. The van der Waals surface area contributed by atoms with Crippen LogP contribution in [0.15, 0.2) is 12.1 Å². The number of phenols is 2. The quantitative estimate of drug-likeness (QED) is 0.154. The minimum atomic E-state index is -2.23. The van der Waals surface area contributed by atoms with Gasteiger partial charge in [0.15, 0.2) is 17.8 Å². The third kappa shape index (κ3) is 4.76. The van der Waals surface area contributed by atoms with Crippen LogP contribution in [-0.4, -0.2) is 132 Å². The van der Waals surface area contributed by atoms with Crippen LogP contribution in [-0.2, 0) is 14.2 Å². The van der Waals surface area contributed by atoms with Crippen LogP contribution in [0, 0.1) is 0 Å². The van der Waals surface area contributed by atoms with E-state index in [-0.39, 0.29) is 0 Å². The molecule has 15 nitrogen and oxygen atoms in total. The van der Waals surface area contributed by atoms with Crippen molar-refractivity contribution in [3.05, 3.63) is 17.7 Å². The molecular weight excluding hydrogens is 468 g/mol. The summed E-state index contributed by atoms with van der Waals surface area (Å²) in [6.45, 7) is -2.35. The molecule has 10 N–H and O–H groups in total. The van der Waals surface area contributed by atoms with Crippen molar-refractivity contribution in [3.63, 3.8) is 0 Å². The van der Waals surface area contributed by atoms with Gasteiger partial charge in [-0.3, -0.25) is 0 Å². The second kappa shape index (κ2) is 10.1. The molecule has 0 amide bonds. The number of carbonyl (C=O) groups is 1. The van der Waals surface area contributed by atoms with Gasteiger partial charge in [0.2, 0.25) is 12.0 Å². The lowest BCUT2D eigenvalue weighted by Crippen LogP contribution is -2.60. The summed E-state index contributed by atoms with van der Waals surface area (Å²) in [6.07, 6.45) is -13.6. The molecule has 2 saturated heterocycles. The highest BCUT2D eigenvalue weighted by molar-refractivity contribution is 5.89. The number of hydrogen-bond donors (Lipinski definition) is 10. The number of aliphatic hydroxyl groups is 7. The van der Waals surface area contributed by atoms with Gasteiger partial charge in [-0.1, -0.05) is 0 Å². The lowest BCUT2D eigenvalue weighted by molar-refractivity contribution is -0.290. The lowest BCUT2D eigenvalue weighted by Gasteiger charge is -2.40. The molecule has 1 aromatic rings. The number of carboxylic acid groups (broad SMARTS) is 1. The zero-order valence-corrected chi connectivity index (χ0v) is 17.4. The second-order valence-electron chi connectivity index (χ2n) is 7.88. The van der Waals surface area contributed by atoms with E-state index in [9.17, 15) is 50.8 Å². The highest BCUT2D eigenvalue weighted by Crippen LogP contribution is 2.38. The maximum absolute atomic E-state index is 11.2. The monoisotopic (exact) mass is 494 g/mol. The number of benzene rings is 1. The van der Waals surface area contributed by atoms with E-state index in [4.69, 9.17) is 24.1 Å². The smallest absolute Gasteiger partial charge is 0.335 e. The first-order valence-electron chi connectivity index (χ1n) is 9.99. The Labute approximate surface area is 191 Å². The predicted molar refractivity (Wildman–Crippen MR) is 104 cm³/mol. The Morgan fingerprint density at radius 2 is 1.68 bits per heavy atom. The summed E-state index contributed by atoms with van der Waals surface area (Å²) in [7, 11) is 0. The van der Waals surface area contributed by atoms with Crippen LogP contribution >= 0.6 is 0 Å². The van der Waals surface area contributed by atoms with Crippen LogP contribution in [0.1, 0.15) is 10.4 Å². The molecule has 0 spiro atoms. The van der Waals surface area contributed by atoms with Gasteiger partial charge in [-0.25, -0.2) is 4.79 Å². The van der Waals surface area contributed by atoms with Gasteiger partial charge in [-0.15, -0.1) is 0 Å². The van der Waals surface area contributed by atoms with E-state index in [1.807, 2.05) is 0 Å². The molecule has 0 aliphatic carbocycles. The first kappa shape index (κ1) is 26.3. The molecule has 2 aliphatic rings. The Bertz CT molecular complexity index is 879. The molecule has 192 valence electrons. The zero-order chi connectivity index (χ0) is 25.4. The van der Waals surface area contributed by atoms with Crippen molar-refractivity contribution in [2.75, 3.05) is 19.8 Å². The van der Waals surface area contributed by atoms with Crippen molar-refractivity contribution in [1.82, 2.24) is 0 Å². The molecule has 0 radical (unpaired) electrons. The molecule has 2 aliphatic heterocycles. The molecular formula is C19H26O15. The van der Waals surface area contributed by atoms with Crippen LogP contribution in [0.25, 0.3) is 0 Å². The average molecular weight is 494 g/mol. The van der Waals surface area contributed by atoms with E-state index in [2.05, 4.69) is 0 Å². The molecule has 15 heteroatoms. The fraction of sp³-hybridized carbons (Fsp3) is 0.632. The summed E-state index contributed by atoms with van der Waals surface area (Å²) < 4.78 is 21.0. The normalized spacial score (nSPS) is 38.1. The van der Waals surface area contributed by atoms with Gasteiger partial charge in [-0.2, -0.15) is 0 Å². The van der Waals surface area contributed by atoms with Crippen LogP contribution in [0.2, 0.25) is 0 Å². The van der Waals surface area contributed by atoms with E-state index < -0.39 is 103 Å². The van der Waals surface area contributed by atoms with Crippen LogP contribution in [0.4, 0.5) is 0 Å². The number of aromatic hydroxyl groups is 2.